The predicted octanol–water partition coefficient (Wildman–Crippen LogP) is 2.56. The highest BCUT2D eigenvalue weighted by atomic mass is 35.5. The predicted molar refractivity (Wildman–Crippen MR) is 125 cm³/mol. The van der Waals surface area contributed by atoms with Crippen LogP contribution in [0.15, 0.2) is 23.0 Å². The smallest absolute Gasteiger partial charge is 0.263 e. The highest BCUT2D eigenvalue weighted by Crippen LogP contribution is 2.54. The Bertz CT molecular complexity index is 1380. The van der Waals surface area contributed by atoms with Crippen LogP contribution in [0.5, 0.6) is 0 Å². The summed E-state index contributed by atoms with van der Waals surface area (Å²) in [6.45, 7) is 3.52. The highest BCUT2D eigenvalue weighted by Gasteiger charge is 2.56. The molecular weight excluding hydrogens is 440 g/mol. The van der Waals surface area contributed by atoms with Crippen LogP contribution in [0, 0.1) is 36.0 Å². The molecule has 3 fully saturated rings. The summed E-state index contributed by atoms with van der Waals surface area (Å²) >= 11 is 6.44. The summed E-state index contributed by atoms with van der Waals surface area (Å²) in [5.41, 5.74) is 7.22. The van der Waals surface area contributed by atoms with E-state index in [0.29, 0.717) is 50.7 Å². The second-order valence-electron chi connectivity index (χ2n) is 9.22. The second-order valence-corrected chi connectivity index (χ2v) is 9.62. The van der Waals surface area contributed by atoms with Crippen molar-refractivity contribution in [2.24, 2.45) is 17.8 Å². The average Bonchev–Trinajstić information content (AvgIpc) is 3.68. The number of fused-ring (bicyclic) bond motifs is 2. The van der Waals surface area contributed by atoms with Gasteiger partial charge in [0, 0.05) is 19.1 Å². The maximum absolute atomic E-state index is 13.8. The van der Waals surface area contributed by atoms with Gasteiger partial charge in [-0.25, -0.2) is 9.97 Å². The molecule has 0 spiro atoms. The molecule has 2 aliphatic carbocycles. The summed E-state index contributed by atoms with van der Waals surface area (Å²) in [7, 11) is 0. The van der Waals surface area contributed by atoms with Gasteiger partial charge in [0.2, 0.25) is 5.95 Å². The molecule has 4 N–H and O–H groups in total. The molecule has 1 unspecified atom stereocenters. The lowest BCUT2D eigenvalue weighted by atomic mass is 10.1. The number of nitrogen functional groups attached to an aromatic ring is 1. The zero-order chi connectivity index (χ0) is 22.9. The van der Waals surface area contributed by atoms with Gasteiger partial charge in [-0.15, -0.1) is 0 Å². The summed E-state index contributed by atoms with van der Waals surface area (Å²) in [6.07, 6.45) is 2.00. The van der Waals surface area contributed by atoms with E-state index < -0.39 is 0 Å². The molecule has 0 radical (unpaired) electrons. The Morgan fingerprint density at radius 2 is 2.03 bits per heavy atom. The fourth-order valence-electron chi connectivity index (χ4n) is 5.30. The molecule has 0 bridgehead atoms. The van der Waals surface area contributed by atoms with E-state index in [1.165, 1.54) is 0 Å². The summed E-state index contributed by atoms with van der Waals surface area (Å²) in [6, 6.07) is 7.36. The molecule has 2 saturated carbocycles. The van der Waals surface area contributed by atoms with Crippen molar-refractivity contribution in [2.45, 2.75) is 31.8 Å². The van der Waals surface area contributed by atoms with Crippen LogP contribution in [0.1, 0.15) is 42.0 Å². The van der Waals surface area contributed by atoms with Gasteiger partial charge in [-0.2, -0.15) is 10.2 Å². The second kappa shape index (κ2) is 7.40. The van der Waals surface area contributed by atoms with E-state index in [1.54, 1.807) is 13.0 Å². The van der Waals surface area contributed by atoms with Crippen molar-refractivity contribution in [3.63, 3.8) is 0 Å². The number of nitriles is 1. The van der Waals surface area contributed by atoms with Crippen molar-refractivity contribution >= 4 is 34.3 Å². The summed E-state index contributed by atoms with van der Waals surface area (Å²) in [5.74, 6) is 2.25. The molecule has 2 aromatic heterocycles. The number of hydrogen-bond donors (Lipinski definition) is 3. The van der Waals surface area contributed by atoms with Gasteiger partial charge in [0.05, 0.1) is 27.7 Å². The van der Waals surface area contributed by atoms with E-state index in [9.17, 15) is 10.1 Å². The highest BCUT2D eigenvalue weighted by molar-refractivity contribution is 6.35. The van der Waals surface area contributed by atoms with Gasteiger partial charge in [-0.05, 0) is 49.7 Å². The maximum atomic E-state index is 13.8. The molecule has 10 heteroatoms. The van der Waals surface area contributed by atoms with E-state index >= 15 is 0 Å². The molecule has 6 rings (SSSR count). The molecule has 3 aliphatic rings. The number of piperidine rings is 1. The minimum absolute atomic E-state index is 0.0950. The number of hydrogen-bond acceptors (Lipinski definition) is 8. The van der Waals surface area contributed by atoms with E-state index in [-0.39, 0.29) is 29.5 Å². The fourth-order valence-corrected chi connectivity index (χ4v) is 5.55. The number of aryl methyl sites for hydroxylation is 1. The third-order valence-electron chi connectivity index (χ3n) is 7.13. The lowest BCUT2D eigenvalue weighted by Gasteiger charge is -2.24. The lowest BCUT2D eigenvalue weighted by Crippen LogP contribution is -2.32. The van der Waals surface area contributed by atoms with Crippen LogP contribution in [-0.2, 0) is 0 Å². The van der Waals surface area contributed by atoms with Gasteiger partial charge < -0.3 is 16.4 Å². The number of benzene rings is 1. The number of rotatable bonds is 5. The molecule has 3 heterocycles. The van der Waals surface area contributed by atoms with Gasteiger partial charge in [0.25, 0.3) is 5.56 Å². The molecular formula is C23H23ClN8O. The number of nitrogens with zero attached hydrogens (tertiary/aromatic N) is 5. The first-order chi connectivity index (χ1) is 16.0. The van der Waals surface area contributed by atoms with Gasteiger partial charge in [0.1, 0.15) is 23.3 Å². The van der Waals surface area contributed by atoms with Crippen molar-refractivity contribution in [3.8, 4) is 6.07 Å². The van der Waals surface area contributed by atoms with Crippen molar-refractivity contribution in [1.82, 2.24) is 24.8 Å². The standard InChI is InChI=1S/C23H23ClN8O/c1-10-12(7-25)20(31-23(26)28-10)30-18(11-5-6-11)21-29-16-4-2-3-15(24)17(16)22(33)32(21)19-13-8-27-9-14(13)19/h2-4,11,13-14,18-19,27H,5-6,8-9H2,1H3,(H3,26,28,30,31)/t13-,14+,18-,19?/m0/s1. The SMILES string of the molecule is Cc1nc(N)nc(N[C@H](c2nc3cccc(Cl)c3c(=O)n2C2[C@H]3CNC[C@@H]23)C2CC2)c1C#N. The van der Waals surface area contributed by atoms with Crippen LogP contribution < -0.4 is 21.9 Å². The number of halogens is 1. The molecule has 3 aromatic rings. The monoisotopic (exact) mass is 462 g/mol. The number of nitrogens with two attached hydrogens (primary N) is 1. The van der Waals surface area contributed by atoms with Gasteiger partial charge in [-0.3, -0.25) is 9.36 Å². The third kappa shape index (κ3) is 3.24. The molecule has 1 aromatic carbocycles. The first-order valence-electron chi connectivity index (χ1n) is 11.2. The zero-order valence-electron chi connectivity index (χ0n) is 18.0. The summed E-state index contributed by atoms with van der Waals surface area (Å²) in [4.78, 5) is 27.2. The van der Waals surface area contributed by atoms with Crippen molar-refractivity contribution in [2.75, 3.05) is 24.1 Å². The van der Waals surface area contributed by atoms with E-state index in [1.807, 2.05) is 16.7 Å². The normalized spacial score (nSPS) is 24.3. The molecule has 1 saturated heterocycles. The van der Waals surface area contributed by atoms with Crippen molar-refractivity contribution in [3.05, 3.63) is 50.7 Å². The van der Waals surface area contributed by atoms with Crippen LogP contribution >= 0.6 is 11.6 Å². The van der Waals surface area contributed by atoms with Gasteiger partial charge in [-0.1, -0.05) is 17.7 Å². The molecule has 9 nitrogen and oxygen atoms in total. The molecule has 168 valence electrons. The van der Waals surface area contributed by atoms with Gasteiger partial charge >= 0.3 is 0 Å². The third-order valence-corrected chi connectivity index (χ3v) is 7.45. The molecule has 4 atom stereocenters. The van der Waals surface area contributed by atoms with E-state index in [0.717, 1.165) is 25.9 Å². The Morgan fingerprint density at radius 3 is 2.73 bits per heavy atom. The Kier molecular flexibility index (Phi) is 4.57. The summed E-state index contributed by atoms with van der Waals surface area (Å²) in [5, 5.41) is 17.4. The molecule has 33 heavy (non-hydrogen) atoms. The van der Waals surface area contributed by atoms with Crippen LogP contribution in [0.3, 0.4) is 0 Å². The number of nitrogens with one attached hydrogen (secondary N) is 2. The maximum Gasteiger partial charge on any atom is 0.263 e. The minimum atomic E-state index is -0.281. The topological polar surface area (TPSA) is 135 Å². The Labute approximate surface area is 195 Å². The molecule has 1 aliphatic heterocycles. The zero-order valence-corrected chi connectivity index (χ0v) is 18.8. The van der Waals surface area contributed by atoms with E-state index in [2.05, 4.69) is 26.7 Å². The van der Waals surface area contributed by atoms with Crippen LogP contribution in [0.25, 0.3) is 10.9 Å². The lowest BCUT2D eigenvalue weighted by molar-refractivity contribution is 0.495. The van der Waals surface area contributed by atoms with Crippen LogP contribution in [-0.4, -0.2) is 32.6 Å². The Morgan fingerprint density at radius 1 is 1.27 bits per heavy atom. The number of aromatic nitrogens is 4. The minimum Gasteiger partial charge on any atom is -0.368 e. The average molecular weight is 463 g/mol. The first-order valence-corrected chi connectivity index (χ1v) is 11.6. The summed E-state index contributed by atoms with van der Waals surface area (Å²) < 4.78 is 1.86. The van der Waals surface area contributed by atoms with Gasteiger partial charge in [0.15, 0.2) is 0 Å². The first kappa shape index (κ1) is 20.4. The van der Waals surface area contributed by atoms with Crippen molar-refractivity contribution < 1.29 is 0 Å². The molecule has 0 amide bonds. The van der Waals surface area contributed by atoms with Crippen molar-refractivity contribution in [1.29, 1.82) is 5.26 Å². The largest absolute Gasteiger partial charge is 0.368 e. The number of anilines is 2. The quantitative estimate of drug-likeness (QED) is 0.526. The Balaban J connectivity index is 1.54. The fraction of sp³-hybridized carbons (Fsp3) is 0.435. The van der Waals surface area contributed by atoms with Crippen LogP contribution in [0.4, 0.5) is 11.8 Å². The Hall–Kier alpha value is -3.22. The van der Waals surface area contributed by atoms with E-state index in [4.69, 9.17) is 22.3 Å². The van der Waals surface area contributed by atoms with Crippen LogP contribution in [0.2, 0.25) is 5.02 Å².